The van der Waals surface area contributed by atoms with Crippen LogP contribution in [0.2, 0.25) is 10.0 Å². The van der Waals surface area contributed by atoms with Crippen LogP contribution in [-0.2, 0) is 0 Å². The molecule has 0 saturated carbocycles. The number of piperidine rings is 1. The van der Waals surface area contributed by atoms with Gasteiger partial charge in [-0.3, -0.25) is 4.79 Å². The highest BCUT2D eigenvalue weighted by molar-refractivity contribution is 6.43. The second-order valence-electron chi connectivity index (χ2n) is 4.86. The van der Waals surface area contributed by atoms with Crippen molar-refractivity contribution < 1.29 is 4.79 Å². The van der Waals surface area contributed by atoms with Crippen LogP contribution in [0.1, 0.15) is 30.1 Å². The van der Waals surface area contributed by atoms with Gasteiger partial charge in [0.15, 0.2) is 0 Å². The number of amides is 1. The van der Waals surface area contributed by atoms with E-state index >= 15 is 0 Å². The fourth-order valence-electron chi connectivity index (χ4n) is 2.29. The Morgan fingerprint density at radius 2 is 2.17 bits per heavy atom. The zero-order valence-corrected chi connectivity index (χ0v) is 11.8. The molecule has 1 aliphatic rings. The standard InChI is InChI=1S/C13H16Cl2N2O/c1-8-3-2-4-17(7-8)13(18)9-5-10(14)12(15)11(16)6-9/h5-6,8H,2-4,7,16H2,1H3/t8-/m0/s1. The highest BCUT2D eigenvalue weighted by atomic mass is 35.5. The zero-order valence-electron chi connectivity index (χ0n) is 10.2. The molecule has 98 valence electrons. The summed E-state index contributed by atoms with van der Waals surface area (Å²) in [6.45, 7) is 3.74. The number of nitrogens with two attached hydrogens (primary N) is 1. The molecule has 2 N–H and O–H groups in total. The van der Waals surface area contributed by atoms with Crippen molar-refractivity contribution in [3.8, 4) is 0 Å². The van der Waals surface area contributed by atoms with Crippen molar-refractivity contribution in [1.29, 1.82) is 0 Å². The van der Waals surface area contributed by atoms with Gasteiger partial charge in [-0.1, -0.05) is 30.1 Å². The van der Waals surface area contributed by atoms with Gasteiger partial charge in [-0.05, 0) is 30.9 Å². The number of rotatable bonds is 1. The summed E-state index contributed by atoms with van der Waals surface area (Å²) in [7, 11) is 0. The highest BCUT2D eigenvalue weighted by Crippen LogP contribution is 2.30. The van der Waals surface area contributed by atoms with Gasteiger partial charge in [-0.2, -0.15) is 0 Å². The van der Waals surface area contributed by atoms with Gasteiger partial charge in [-0.15, -0.1) is 0 Å². The number of carbonyl (C=O) groups excluding carboxylic acids is 1. The first-order valence-electron chi connectivity index (χ1n) is 6.03. The topological polar surface area (TPSA) is 46.3 Å². The molecule has 3 nitrogen and oxygen atoms in total. The molecule has 1 fully saturated rings. The van der Waals surface area contributed by atoms with E-state index in [0.717, 1.165) is 19.5 Å². The molecule has 2 rings (SSSR count). The quantitative estimate of drug-likeness (QED) is 0.804. The Morgan fingerprint density at radius 1 is 1.44 bits per heavy atom. The van der Waals surface area contributed by atoms with Crippen LogP contribution in [0.4, 0.5) is 5.69 Å². The van der Waals surface area contributed by atoms with Crippen molar-refractivity contribution >= 4 is 34.8 Å². The van der Waals surface area contributed by atoms with E-state index in [2.05, 4.69) is 6.92 Å². The van der Waals surface area contributed by atoms with Crippen LogP contribution in [0.25, 0.3) is 0 Å². The Balaban J connectivity index is 2.23. The molecule has 0 bridgehead atoms. The molecule has 0 radical (unpaired) electrons. The minimum atomic E-state index is -0.0215. The van der Waals surface area contributed by atoms with Crippen molar-refractivity contribution in [2.24, 2.45) is 5.92 Å². The van der Waals surface area contributed by atoms with Crippen molar-refractivity contribution in [1.82, 2.24) is 4.90 Å². The van der Waals surface area contributed by atoms with Crippen LogP contribution in [0.5, 0.6) is 0 Å². The first-order valence-corrected chi connectivity index (χ1v) is 6.78. The molecule has 1 atom stereocenters. The van der Waals surface area contributed by atoms with Crippen molar-refractivity contribution in [2.45, 2.75) is 19.8 Å². The van der Waals surface area contributed by atoms with E-state index < -0.39 is 0 Å². The number of carbonyl (C=O) groups is 1. The molecule has 18 heavy (non-hydrogen) atoms. The first kappa shape index (κ1) is 13.5. The predicted octanol–water partition coefficient (Wildman–Crippen LogP) is 3.45. The number of hydrogen-bond donors (Lipinski definition) is 1. The number of halogens is 2. The van der Waals surface area contributed by atoms with Gasteiger partial charge in [-0.25, -0.2) is 0 Å². The van der Waals surface area contributed by atoms with Gasteiger partial charge in [0.25, 0.3) is 5.91 Å². The molecule has 5 heteroatoms. The second-order valence-corrected chi connectivity index (χ2v) is 5.65. The summed E-state index contributed by atoms with van der Waals surface area (Å²) < 4.78 is 0. The van der Waals surface area contributed by atoms with Gasteiger partial charge in [0.05, 0.1) is 15.7 Å². The molecule has 0 aliphatic carbocycles. The van der Waals surface area contributed by atoms with Crippen molar-refractivity contribution in [3.63, 3.8) is 0 Å². The van der Waals surface area contributed by atoms with Gasteiger partial charge < -0.3 is 10.6 Å². The number of hydrogen-bond acceptors (Lipinski definition) is 2. The third kappa shape index (κ3) is 2.73. The average Bonchev–Trinajstić information content (AvgIpc) is 2.34. The van der Waals surface area contributed by atoms with Gasteiger partial charge in [0.2, 0.25) is 0 Å². The lowest BCUT2D eigenvalue weighted by Gasteiger charge is -2.31. The number of benzene rings is 1. The van der Waals surface area contributed by atoms with Crippen LogP contribution >= 0.6 is 23.2 Å². The van der Waals surface area contributed by atoms with E-state index in [1.54, 1.807) is 12.1 Å². The van der Waals surface area contributed by atoms with Crippen LogP contribution in [0, 0.1) is 5.92 Å². The highest BCUT2D eigenvalue weighted by Gasteiger charge is 2.23. The SMILES string of the molecule is C[C@H]1CCCN(C(=O)c2cc(N)c(Cl)c(Cl)c2)C1. The van der Waals surface area contributed by atoms with E-state index in [9.17, 15) is 4.79 Å². The van der Waals surface area contributed by atoms with E-state index in [1.165, 1.54) is 6.42 Å². The minimum Gasteiger partial charge on any atom is -0.397 e. The fourth-order valence-corrected chi connectivity index (χ4v) is 2.63. The molecule has 1 aromatic rings. The maximum Gasteiger partial charge on any atom is 0.253 e. The summed E-state index contributed by atoms with van der Waals surface area (Å²) in [6.07, 6.45) is 2.22. The molecule has 1 amide bonds. The maximum atomic E-state index is 12.3. The first-order chi connectivity index (χ1) is 8.49. The molecule has 0 unspecified atom stereocenters. The maximum absolute atomic E-state index is 12.3. The van der Waals surface area contributed by atoms with E-state index in [1.807, 2.05) is 4.90 Å². The summed E-state index contributed by atoms with van der Waals surface area (Å²) in [6, 6.07) is 3.18. The number of likely N-dealkylation sites (tertiary alicyclic amines) is 1. The van der Waals surface area contributed by atoms with Crippen molar-refractivity contribution in [3.05, 3.63) is 27.7 Å². The van der Waals surface area contributed by atoms with E-state index in [0.29, 0.717) is 27.2 Å². The normalized spacial score (nSPS) is 19.9. The Bertz CT molecular complexity index is 453. The third-order valence-corrected chi connectivity index (χ3v) is 4.06. The lowest BCUT2D eigenvalue weighted by atomic mass is 9.99. The molecule has 0 spiro atoms. The second kappa shape index (κ2) is 5.37. The van der Waals surface area contributed by atoms with Crippen LogP contribution < -0.4 is 5.73 Å². The van der Waals surface area contributed by atoms with Crippen LogP contribution in [0.15, 0.2) is 12.1 Å². The number of anilines is 1. The van der Waals surface area contributed by atoms with Crippen molar-refractivity contribution in [2.75, 3.05) is 18.8 Å². The summed E-state index contributed by atoms with van der Waals surface area (Å²) in [4.78, 5) is 14.2. The summed E-state index contributed by atoms with van der Waals surface area (Å²) in [5.74, 6) is 0.523. The zero-order chi connectivity index (χ0) is 13.3. The minimum absolute atomic E-state index is 0.0215. The molecule has 0 aromatic heterocycles. The van der Waals surface area contributed by atoms with Gasteiger partial charge in [0, 0.05) is 18.7 Å². The van der Waals surface area contributed by atoms with Gasteiger partial charge in [0.1, 0.15) is 0 Å². The summed E-state index contributed by atoms with van der Waals surface area (Å²) in [5, 5.41) is 0.630. The molecular formula is C13H16Cl2N2O. The summed E-state index contributed by atoms with van der Waals surface area (Å²) in [5.41, 5.74) is 6.58. The molecule has 1 saturated heterocycles. The number of nitrogen functional groups attached to an aromatic ring is 1. The fraction of sp³-hybridized carbons (Fsp3) is 0.462. The third-order valence-electron chi connectivity index (χ3n) is 3.25. The molecule has 1 aliphatic heterocycles. The number of nitrogens with zero attached hydrogens (tertiary/aromatic N) is 1. The van der Waals surface area contributed by atoms with E-state index in [-0.39, 0.29) is 5.91 Å². The smallest absolute Gasteiger partial charge is 0.253 e. The largest absolute Gasteiger partial charge is 0.397 e. The Kier molecular flexibility index (Phi) is 4.03. The molecule has 1 heterocycles. The van der Waals surface area contributed by atoms with Crippen LogP contribution in [0.3, 0.4) is 0 Å². The van der Waals surface area contributed by atoms with Crippen LogP contribution in [-0.4, -0.2) is 23.9 Å². The van der Waals surface area contributed by atoms with E-state index in [4.69, 9.17) is 28.9 Å². The molecular weight excluding hydrogens is 271 g/mol. The monoisotopic (exact) mass is 286 g/mol. The Morgan fingerprint density at radius 3 is 2.78 bits per heavy atom. The van der Waals surface area contributed by atoms with Gasteiger partial charge >= 0.3 is 0 Å². The summed E-state index contributed by atoms with van der Waals surface area (Å²) >= 11 is 11.8. The lowest BCUT2D eigenvalue weighted by Crippen LogP contribution is -2.39. The molecule has 1 aromatic carbocycles. The lowest BCUT2D eigenvalue weighted by molar-refractivity contribution is 0.0683. The Hall–Kier alpha value is -0.930. The Labute approximate surface area is 117 Å². The predicted molar refractivity (Wildman–Crippen MR) is 75.2 cm³/mol. The average molecular weight is 287 g/mol.